The molecule has 2 aromatic heterocycles. The lowest BCUT2D eigenvalue weighted by Gasteiger charge is -2.38. The van der Waals surface area contributed by atoms with Gasteiger partial charge in [0.2, 0.25) is 17.7 Å². The first kappa shape index (κ1) is 22.1. The number of amides is 1. The largest absolute Gasteiger partial charge is 0.420 e. The van der Waals surface area contributed by atoms with E-state index in [0.717, 1.165) is 55.5 Å². The highest BCUT2D eigenvalue weighted by Crippen LogP contribution is 2.45. The summed E-state index contributed by atoms with van der Waals surface area (Å²) in [6.07, 6.45) is 1.15. The first-order valence-electron chi connectivity index (χ1n) is 11.2. The van der Waals surface area contributed by atoms with Crippen LogP contribution in [-0.2, 0) is 16.4 Å². The van der Waals surface area contributed by atoms with Crippen LogP contribution in [-0.4, -0.2) is 34.1 Å². The molecule has 1 aromatic carbocycles. The van der Waals surface area contributed by atoms with E-state index in [1.807, 2.05) is 16.3 Å². The number of piperidine rings is 1. The Morgan fingerprint density at radius 3 is 2.52 bits per heavy atom. The number of hydrogen-bond donors (Lipinski definition) is 0. The number of benzene rings is 1. The molecule has 2 aliphatic rings. The van der Waals surface area contributed by atoms with E-state index in [9.17, 15) is 18.0 Å². The van der Waals surface area contributed by atoms with Crippen molar-refractivity contribution in [2.75, 3.05) is 13.1 Å². The van der Waals surface area contributed by atoms with E-state index in [4.69, 9.17) is 4.42 Å². The molecule has 3 aromatic rings. The van der Waals surface area contributed by atoms with E-state index in [1.54, 1.807) is 11.3 Å². The average molecular weight is 476 g/mol. The Balaban J connectivity index is 1.33. The van der Waals surface area contributed by atoms with Crippen LogP contribution in [0, 0.1) is 0 Å². The van der Waals surface area contributed by atoms with Gasteiger partial charge in [0.05, 0.1) is 16.9 Å². The summed E-state index contributed by atoms with van der Waals surface area (Å²) in [5.41, 5.74) is -0.705. The van der Waals surface area contributed by atoms with Crippen molar-refractivity contribution >= 4 is 17.2 Å². The standard InChI is InChI=1S/C24H24F3N3O2S/c25-24(26,27)18-9-7-16(8-10-18)20-28-29-21(32-20)17-5-3-13-30(15-17)22(31)23(11-1-2-12-23)19-6-4-14-33-19/h4,6-10,14,17H,1-3,5,11-13,15H2. The van der Waals surface area contributed by atoms with E-state index < -0.39 is 17.2 Å². The quantitative estimate of drug-likeness (QED) is 0.462. The number of carbonyl (C=O) groups excluding carboxylic acids is 1. The molecule has 1 unspecified atom stereocenters. The van der Waals surface area contributed by atoms with Crippen LogP contribution in [0.3, 0.4) is 0 Å². The van der Waals surface area contributed by atoms with Gasteiger partial charge in [-0.3, -0.25) is 4.79 Å². The van der Waals surface area contributed by atoms with Gasteiger partial charge in [0.1, 0.15) is 0 Å². The van der Waals surface area contributed by atoms with Gasteiger partial charge < -0.3 is 9.32 Å². The van der Waals surface area contributed by atoms with E-state index in [0.29, 0.717) is 24.5 Å². The summed E-state index contributed by atoms with van der Waals surface area (Å²) in [5.74, 6) is 0.724. The second-order valence-electron chi connectivity index (χ2n) is 8.88. The first-order chi connectivity index (χ1) is 15.9. The van der Waals surface area contributed by atoms with Crippen LogP contribution in [0.15, 0.2) is 46.2 Å². The van der Waals surface area contributed by atoms with Crippen LogP contribution < -0.4 is 0 Å². The van der Waals surface area contributed by atoms with Crippen molar-refractivity contribution in [1.82, 2.24) is 15.1 Å². The highest BCUT2D eigenvalue weighted by atomic mass is 32.1. The van der Waals surface area contributed by atoms with Crippen LogP contribution in [0.25, 0.3) is 11.5 Å². The predicted octanol–water partition coefficient (Wildman–Crippen LogP) is 6.03. The zero-order valence-corrected chi connectivity index (χ0v) is 18.8. The topological polar surface area (TPSA) is 59.2 Å². The molecule has 0 N–H and O–H groups in total. The van der Waals surface area contributed by atoms with Gasteiger partial charge in [-0.15, -0.1) is 21.5 Å². The molecule has 1 saturated heterocycles. The van der Waals surface area contributed by atoms with Gasteiger partial charge in [-0.2, -0.15) is 13.2 Å². The number of carbonyl (C=O) groups is 1. The highest BCUT2D eigenvalue weighted by Gasteiger charge is 2.46. The Morgan fingerprint density at radius 1 is 1.09 bits per heavy atom. The number of nitrogens with zero attached hydrogens (tertiary/aromatic N) is 3. The number of alkyl halides is 3. The Morgan fingerprint density at radius 2 is 1.85 bits per heavy atom. The van der Waals surface area contributed by atoms with Crippen molar-refractivity contribution in [1.29, 1.82) is 0 Å². The van der Waals surface area contributed by atoms with E-state index in [2.05, 4.69) is 16.3 Å². The van der Waals surface area contributed by atoms with Gasteiger partial charge in [-0.05, 0) is 61.4 Å². The Bertz CT molecular complexity index is 1100. The van der Waals surface area contributed by atoms with E-state index >= 15 is 0 Å². The molecule has 3 heterocycles. The summed E-state index contributed by atoms with van der Waals surface area (Å²) in [7, 11) is 0. The number of halogens is 3. The molecule has 5 nitrogen and oxygen atoms in total. The Kier molecular flexibility index (Phi) is 5.76. The first-order valence-corrected chi connectivity index (χ1v) is 12.1. The number of likely N-dealkylation sites (tertiary alicyclic amines) is 1. The molecule has 9 heteroatoms. The van der Waals surface area contributed by atoms with Gasteiger partial charge >= 0.3 is 6.18 Å². The molecule has 33 heavy (non-hydrogen) atoms. The molecule has 0 radical (unpaired) electrons. The SMILES string of the molecule is O=C(N1CCCC(c2nnc(-c3ccc(C(F)(F)F)cc3)o2)C1)C1(c2cccs2)CCCC1. The molecular weight excluding hydrogens is 451 g/mol. The molecule has 1 aliphatic carbocycles. The minimum atomic E-state index is -4.39. The third kappa shape index (κ3) is 4.18. The lowest BCUT2D eigenvalue weighted by molar-refractivity contribution is -0.139. The van der Waals surface area contributed by atoms with E-state index in [1.165, 1.54) is 12.1 Å². The summed E-state index contributed by atoms with van der Waals surface area (Å²) in [4.78, 5) is 16.8. The van der Waals surface area contributed by atoms with Crippen LogP contribution in [0.4, 0.5) is 13.2 Å². The Labute approximate surface area is 193 Å². The highest BCUT2D eigenvalue weighted by molar-refractivity contribution is 7.10. The summed E-state index contributed by atoms with van der Waals surface area (Å²) in [5, 5.41) is 10.3. The van der Waals surface area contributed by atoms with Crippen molar-refractivity contribution in [3.05, 3.63) is 58.1 Å². The van der Waals surface area contributed by atoms with Gasteiger partial charge in [0.25, 0.3) is 0 Å². The van der Waals surface area contributed by atoms with Crippen molar-refractivity contribution in [3.63, 3.8) is 0 Å². The lowest BCUT2D eigenvalue weighted by atomic mass is 9.82. The van der Waals surface area contributed by atoms with E-state index in [-0.39, 0.29) is 17.7 Å². The molecule has 1 amide bonds. The lowest BCUT2D eigenvalue weighted by Crippen LogP contribution is -2.48. The molecule has 2 fully saturated rings. The fraction of sp³-hybridized carbons (Fsp3) is 0.458. The molecule has 0 spiro atoms. The minimum Gasteiger partial charge on any atom is -0.420 e. The number of hydrogen-bond acceptors (Lipinski definition) is 5. The van der Waals surface area contributed by atoms with Crippen molar-refractivity contribution in [3.8, 4) is 11.5 Å². The van der Waals surface area contributed by atoms with Gasteiger partial charge in [0, 0.05) is 23.5 Å². The third-order valence-electron chi connectivity index (χ3n) is 6.82. The normalized spacial score (nSPS) is 20.8. The van der Waals surface area contributed by atoms with Crippen LogP contribution >= 0.6 is 11.3 Å². The summed E-state index contributed by atoms with van der Waals surface area (Å²) >= 11 is 1.65. The second kappa shape index (κ2) is 8.59. The number of thiophene rings is 1. The van der Waals surface area contributed by atoms with Gasteiger partial charge in [-0.1, -0.05) is 18.9 Å². The molecule has 1 aliphatic heterocycles. The van der Waals surface area contributed by atoms with Crippen molar-refractivity contribution in [2.24, 2.45) is 0 Å². The minimum absolute atomic E-state index is 0.0832. The predicted molar refractivity (Wildman–Crippen MR) is 118 cm³/mol. The van der Waals surface area contributed by atoms with Crippen LogP contribution in [0.2, 0.25) is 0 Å². The van der Waals surface area contributed by atoms with Gasteiger partial charge in [-0.25, -0.2) is 0 Å². The van der Waals surface area contributed by atoms with Gasteiger partial charge in [0.15, 0.2) is 0 Å². The third-order valence-corrected chi connectivity index (χ3v) is 7.89. The summed E-state index contributed by atoms with van der Waals surface area (Å²) in [6, 6.07) is 8.76. The molecule has 174 valence electrons. The molecule has 1 atom stereocenters. The molecule has 1 saturated carbocycles. The second-order valence-corrected chi connectivity index (χ2v) is 9.83. The zero-order valence-electron chi connectivity index (χ0n) is 18.0. The molecule has 5 rings (SSSR count). The molecule has 0 bridgehead atoms. The summed E-state index contributed by atoms with van der Waals surface area (Å²) in [6.45, 7) is 1.23. The fourth-order valence-corrected chi connectivity index (χ4v) is 6.06. The maximum absolute atomic E-state index is 13.7. The maximum atomic E-state index is 13.7. The Hall–Kier alpha value is -2.68. The van der Waals surface area contributed by atoms with Crippen molar-refractivity contribution < 1.29 is 22.4 Å². The maximum Gasteiger partial charge on any atom is 0.416 e. The fourth-order valence-electron chi connectivity index (χ4n) is 5.08. The van der Waals surface area contributed by atoms with Crippen molar-refractivity contribution in [2.45, 2.75) is 56.0 Å². The molecular formula is C24H24F3N3O2S. The number of aromatic nitrogens is 2. The van der Waals surface area contributed by atoms with Crippen LogP contribution in [0.1, 0.15) is 60.8 Å². The van der Waals surface area contributed by atoms with Crippen LogP contribution in [0.5, 0.6) is 0 Å². The summed E-state index contributed by atoms with van der Waals surface area (Å²) < 4.78 is 44.3. The number of rotatable bonds is 4. The zero-order chi connectivity index (χ0) is 23.1. The smallest absolute Gasteiger partial charge is 0.416 e. The average Bonchev–Trinajstić information content (AvgIpc) is 3.60. The monoisotopic (exact) mass is 475 g/mol.